The molecule has 0 N–H and O–H groups in total. The van der Waals surface area contributed by atoms with Crippen LogP contribution in [0.2, 0.25) is 0 Å². The number of carbonyl (C=O) groups is 1. The van der Waals surface area contributed by atoms with Crippen molar-refractivity contribution in [1.29, 1.82) is 0 Å². The summed E-state index contributed by atoms with van der Waals surface area (Å²) in [4.78, 5) is 16.6. The Hall–Kier alpha value is -2.93. The average molecular weight is 366 g/mol. The Labute approximate surface area is 155 Å². The number of hydrogen-bond donors (Lipinski definition) is 0. The summed E-state index contributed by atoms with van der Waals surface area (Å²) in [5.41, 5.74) is 1.48. The number of nitrogens with zero attached hydrogens (tertiary/aromatic N) is 4. The number of rotatable bonds is 8. The van der Waals surface area contributed by atoms with Gasteiger partial charge in [-0.1, -0.05) is 30.0 Å². The highest BCUT2D eigenvalue weighted by Crippen LogP contribution is 2.26. The zero-order chi connectivity index (χ0) is 18.4. The SMILES string of the molecule is C=CCn1c(SCC(=O)c2ccccc2OC)nnc1-c1ccncc1. The van der Waals surface area contributed by atoms with E-state index in [4.69, 9.17) is 4.74 Å². The molecular formula is C19H18N4O2S. The van der Waals surface area contributed by atoms with Gasteiger partial charge in [-0.3, -0.25) is 14.3 Å². The van der Waals surface area contributed by atoms with Crippen molar-refractivity contribution in [2.45, 2.75) is 11.7 Å². The van der Waals surface area contributed by atoms with Crippen LogP contribution in [-0.2, 0) is 6.54 Å². The highest BCUT2D eigenvalue weighted by molar-refractivity contribution is 7.99. The number of allylic oxidation sites excluding steroid dienone is 1. The number of pyridine rings is 1. The minimum absolute atomic E-state index is 0.0222. The number of ether oxygens (including phenoxy) is 1. The normalized spacial score (nSPS) is 10.5. The highest BCUT2D eigenvalue weighted by Gasteiger charge is 2.17. The minimum atomic E-state index is -0.0222. The van der Waals surface area contributed by atoms with Crippen molar-refractivity contribution >= 4 is 17.5 Å². The molecule has 0 fully saturated rings. The smallest absolute Gasteiger partial charge is 0.192 e. The maximum absolute atomic E-state index is 12.6. The fourth-order valence-corrected chi connectivity index (χ4v) is 3.32. The highest BCUT2D eigenvalue weighted by atomic mass is 32.2. The summed E-state index contributed by atoms with van der Waals surface area (Å²) in [5.74, 6) is 1.51. The predicted molar refractivity (Wildman–Crippen MR) is 101 cm³/mol. The standard InChI is InChI=1S/C19H18N4O2S/c1-3-12-23-18(14-8-10-20-11-9-14)21-22-19(23)26-13-16(24)15-6-4-5-7-17(15)25-2/h3-11H,1,12-13H2,2H3. The lowest BCUT2D eigenvalue weighted by molar-refractivity contribution is 0.101. The molecule has 2 heterocycles. The van der Waals surface area contributed by atoms with Crippen molar-refractivity contribution < 1.29 is 9.53 Å². The van der Waals surface area contributed by atoms with Crippen LogP contribution in [-0.4, -0.2) is 38.4 Å². The number of Topliss-reactive ketones (excluding diaryl/α,β-unsaturated/α-hetero) is 1. The Bertz CT molecular complexity index is 909. The Morgan fingerprint density at radius 3 is 2.73 bits per heavy atom. The molecule has 6 nitrogen and oxygen atoms in total. The van der Waals surface area contributed by atoms with E-state index < -0.39 is 0 Å². The van der Waals surface area contributed by atoms with E-state index in [0.29, 0.717) is 23.0 Å². The molecule has 3 rings (SSSR count). The Morgan fingerprint density at radius 1 is 1.23 bits per heavy atom. The van der Waals surface area contributed by atoms with Crippen LogP contribution in [0, 0.1) is 0 Å². The Kier molecular flexibility index (Phi) is 5.80. The van der Waals surface area contributed by atoms with Crippen molar-refractivity contribution in [2.24, 2.45) is 0 Å². The number of benzene rings is 1. The molecule has 0 unspecified atom stereocenters. The van der Waals surface area contributed by atoms with Crippen LogP contribution in [0.4, 0.5) is 0 Å². The second-order valence-corrected chi connectivity index (χ2v) is 6.30. The van der Waals surface area contributed by atoms with Gasteiger partial charge in [0.2, 0.25) is 0 Å². The van der Waals surface area contributed by atoms with Gasteiger partial charge < -0.3 is 4.74 Å². The molecule has 0 aliphatic heterocycles. The van der Waals surface area contributed by atoms with Gasteiger partial charge in [-0.05, 0) is 24.3 Å². The molecule has 0 saturated carbocycles. The van der Waals surface area contributed by atoms with Gasteiger partial charge >= 0.3 is 0 Å². The molecule has 2 aromatic heterocycles. The average Bonchev–Trinajstić information content (AvgIpc) is 3.09. The first kappa shape index (κ1) is 17.9. The number of methoxy groups -OCH3 is 1. The van der Waals surface area contributed by atoms with E-state index in [0.717, 1.165) is 11.4 Å². The van der Waals surface area contributed by atoms with Gasteiger partial charge in [0.05, 0.1) is 18.4 Å². The molecule has 26 heavy (non-hydrogen) atoms. The van der Waals surface area contributed by atoms with E-state index >= 15 is 0 Å². The van der Waals surface area contributed by atoms with E-state index in [1.807, 2.05) is 28.8 Å². The third-order valence-corrected chi connectivity index (χ3v) is 4.67. The molecule has 0 spiro atoms. The summed E-state index contributed by atoms with van der Waals surface area (Å²) in [6.07, 6.45) is 5.20. The lowest BCUT2D eigenvalue weighted by Gasteiger charge is -2.09. The van der Waals surface area contributed by atoms with Gasteiger partial charge in [0.25, 0.3) is 0 Å². The Morgan fingerprint density at radius 2 is 2.00 bits per heavy atom. The molecule has 1 aromatic carbocycles. The molecular weight excluding hydrogens is 348 g/mol. The van der Waals surface area contributed by atoms with Crippen LogP contribution in [0.5, 0.6) is 5.75 Å². The van der Waals surface area contributed by atoms with Crippen LogP contribution >= 0.6 is 11.8 Å². The monoisotopic (exact) mass is 366 g/mol. The third kappa shape index (κ3) is 3.83. The number of aromatic nitrogens is 4. The van der Waals surface area contributed by atoms with Gasteiger partial charge in [0.1, 0.15) is 5.75 Å². The van der Waals surface area contributed by atoms with Gasteiger partial charge in [0.15, 0.2) is 16.8 Å². The molecule has 7 heteroatoms. The summed E-state index contributed by atoms with van der Waals surface area (Å²) in [6.45, 7) is 4.35. The fourth-order valence-electron chi connectivity index (χ4n) is 2.49. The number of thioether (sulfide) groups is 1. The Balaban J connectivity index is 1.81. The molecule has 0 amide bonds. The summed E-state index contributed by atoms with van der Waals surface area (Å²) in [6, 6.07) is 10.9. The van der Waals surface area contributed by atoms with E-state index in [2.05, 4.69) is 21.8 Å². The summed E-state index contributed by atoms with van der Waals surface area (Å²) >= 11 is 1.35. The summed E-state index contributed by atoms with van der Waals surface area (Å²) in [7, 11) is 1.56. The maximum Gasteiger partial charge on any atom is 0.192 e. The summed E-state index contributed by atoms with van der Waals surface area (Å²) < 4.78 is 7.19. The molecule has 0 saturated heterocycles. The molecule has 0 radical (unpaired) electrons. The molecule has 0 bridgehead atoms. The zero-order valence-corrected chi connectivity index (χ0v) is 15.1. The quantitative estimate of drug-likeness (QED) is 0.345. The van der Waals surface area contributed by atoms with E-state index in [-0.39, 0.29) is 11.5 Å². The molecule has 0 aliphatic rings. The van der Waals surface area contributed by atoms with Gasteiger partial charge in [-0.15, -0.1) is 16.8 Å². The summed E-state index contributed by atoms with van der Waals surface area (Å²) in [5, 5.41) is 9.18. The van der Waals surface area contributed by atoms with E-state index in [9.17, 15) is 4.79 Å². The van der Waals surface area contributed by atoms with Crippen molar-refractivity contribution in [3.05, 3.63) is 67.0 Å². The van der Waals surface area contributed by atoms with Crippen LogP contribution in [0.25, 0.3) is 11.4 Å². The van der Waals surface area contributed by atoms with Crippen LogP contribution < -0.4 is 4.74 Å². The molecule has 132 valence electrons. The number of carbonyl (C=O) groups excluding carboxylic acids is 1. The van der Waals surface area contributed by atoms with Crippen molar-refractivity contribution in [2.75, 3.05) is 12.9 Å². The van der Waals surface area contributed by atoms with Gasteiger partial charge in [-0.25, -0.2) is 0 Å². The van der Waals surface area contributed by atoms with Crippen LogP contribution in [0.15, 0.2) is 66.6 Å². The van der Waals surface area contributed by atoms with E-state index in [1.54, 1.807) is 37.7 Å². The number of ketones is 1. The first-order valence-corrected chi connectivity index (χ1v) is 8.96. The lowest BCUT2D eigenvalue weighted by Crippen LogP contribution is -2.07. The molecule has 3 aromatic rings. The van der Waals surface area contributed by atoms with Crippen LogP contribution in [0.3, 0.4) is 0 Å². The van der Waals surface area contributed by atoms with Crippen molar-refractivity contribution in [3.8, 4) is 17.1 Å². The second-order valence-electron chi connectivity index (χ2n) is 5.35. The molecule has 0 atom stereocenters. The van der Waals surface area contributed by atoms with Gasteiger partial charge in [-0.2, -0.15) is 0 Å². The van der Waals surface area contributed by atoms with Crippen LogP contribution in [0.1, 0.15) is 10.4 Å². The second kappa shape index (κ2) is 8.44. The first-order valence-electron chi connectivity index (χ1n) is 7.98. The lowest BCUT2D eigenvalue weighted by atomic mass is 10.1. The zero-order valence-electron chi connectivity index (χ0n) is 14.3. The number of para-hydroxylation sites is 1. The maximum atomic E-state index is 12.6. The molecule has 0 aliphatic carbocycles. The van der Waals surface area contributed by atoms with Gasteiger partial charge in [0, 0.05) is 24.5 Å². The van der Waals surface area contributed by atoms with Crippen molar-refractivity contribution in [1.82, 2.24) is 19.7 Å². The predicted octanol–water partition coefficient (Wildman–Crippen LogP) is 3.51. The van der Waals surface area contributed by atoms with Crippen molar-refractivity contribution in [3.63, 3.8) is 0 Å². The van der Waals surface area contributed by atoms with E-state index in [1.165, 1.54) is 11.8 Å². The fraction of sp³-hybridized carbons (Fsp3) is 0.158. The minimum Gasteiger partial charge on any atom is -0.496 e. The number of hydrogen-bond acceptors (Lipinski definition) is 6. The topological polar surface area (TPSA) is 69.9 Å². The largest absolute Gasteiger partial charge is 0.496 e. The third-order valence-electron chi connectivity index (χ3n) is 3.71. The first-order chi connectivity index (χ1) is 12.7.